The largest absolute Gasteiger partial charge is 0.497 e. The first-order chi connectivity index (χ1) is 12.5. The Morgan fingerprint density at radius 3 is 2.31 bits per heavy atom. The van der Waals surface area contributed by atoms with E-state index in [2.05, 4.69) is 10.4 Å². The number of aromatic nitrogens is 2. The Hall–Kier alpha value is -2.79. The van der Waals surface area contributed by atoms with Crippen molar-refractivity contribution >= 4 is 23.2 Å². The summed E-state index contributed by atoms with van der Waals surface area (Å²) in [5.41, 5.74) is 4.24. The number of halogens is 1. The summed E-state index contributed by atoms with van der Waals surface area (Å²) < 4.78 is 6.91. The molecule has 0 fully saturated rings. The number of benzene rings is 2. The molecule has 0 aliphatic carbocycles. The molecule has 5 nitrogen and oxygen atoms in total. The highest BCUT2D eigenvalue weighted by molar-refractivity contribution is 6.31. The maximum atomic E-state index is 12.2. The monoisotopic (exact) mass is 369 g/mol. The molecule has 6 heteroatoms. The molecule has 26 heavy (non-hydrogen) atoms. The number of nitrogens with one attached hydrogen (secondary N) is 1. The number of amides is 1. The van der Waals surface area contributed by atoms with Crippen LogP contribution in [0.25, 0.3) is 5.69 Å². The third-order valence-electron chi connectivity index (χ3n) is 4.12. The summed E-state index contributed by atoms with van der Waals surface area (Å²) in [5, 5.41) is 8.00. The molecule has 0 saturated heterocycles. The molecule has 1 heterocycles. The van der Waals surface area contributed by atoms with Gasteiger partial charge in [-0.1, -0.05) is 23.7 Å². The van der Waals surface area contributed by atoms with E-state index in [0.29, 0.717) is 11.4 Å². The Labute approximate surface area is 157 Å². The zero-order chi connectivity index (χ0) is 18.7. The molecule has 0 atom stereocenters. The van der Waals surface area contributed by atoms with Crippen LogP contribution in [0.3, 0.4) is 0 Å². The van der Waals surface area contributed by atoms with Crippen molar-refractivity contribution in [2.45, 2.75) is 20.3 Å². The van der Waals surface area contributed by atoms with Crippen LogP contribution in [0.2, 0.25) is 5.02 Å². The van der Waals surface area contributed by atoms with Crippen molar-refractivity contribution in [1.82, 2.24) is 9.78 Å². The Balaban J connectivity index is 1.66. The normalized spacial score (nSPS) is 10.6. The summed E-state index contributed by atoms with van der Waals surface area (Å²) in [6.07, 6.45) is 0.304. The van der Waals surface area contributed by atoms with Gasteiger partial charge in [0.25, 0.3) is 0 Å². The molecule has 0 bridgehead atoms. The van der Waals surface area contributed by atoms with Gasteiger partial charge in [0.15, 0.2) is 0 Å². The number of carbonyl (C=O) groups excluding carboxylic acids is 1. The number of nitrogens with zero attached hydrogens (tertiary/aromatic N) is 2. The molecule has 1 amide bonds. The fourth-order valence-electron chi connectivity index (χ4n) is 2.69. The smallest absolute Gasteiger partial charge is 0.228 e. The second-order valence-electron chi connectivity index (χ2n) is 6.02. The van der Waals surface area contributed by atoms with E-state index in [-0.39, 0.29) is 5.91 Å². The van der Waals surface area contributed by atoms with Crippen LogP contribution in [0.4, 0.5) is 5.69 Å². The summed E-state index contributed by atoms with van der Waals surface area (Å²) >= 11 is 6.20. The molecule has 0 aliphatic rings. The number of carbonyl (C=O) groups is 1. The summed E-state index contributed by atoms with van der Waals surface area (Å²) in [5.74, 6) is 0.700. The third-order valence-corrected chi connectivity index (χ3v) is 4.67. The SMILES string of the molecule is COc1ccc(CC(=O)Nc2ccc(-n3nc(C)c(Cl)c3C)cc2)cc1. The minimum absolute atomic E-state index is 0.0722. The number of aryl methyl sites for hydroxylation is 1. The van der Waals surface area contributed by atoms with Crippen LogP contribution in [0.1, 0.15) is 17.0 Å². The Morgan fingerprint density at radius 2 is 1.77 bits per heavy atom. The van der Waals surface area contributed by atoms with Crippen LogP contribution in [0.15, 0.2) is 48.5 Å². The molecule has 0 saturated carbocycles. The molecular formula is C20H20ClN3O2. The van der Waals surface area contributed by atoms with Gasteiger partial charge in [0.1, 0.15) is 5.75 Å². The Bertz CT molecular complexity index is 915. The van der Waals surface area contributed by atoms with Crippen LogP contribution in [-0.2, 0) is 11.2 Å². The minimum Gasteiger partial charge on any atom is -0.497 e. The lowest BCUT2D eigenvalue weighted by atomic mass is 10.1. The lowest BCUT2D eigenvalue weighted by molar-refractivity contribution is -0.115. The van der Waals surface area contributed by atoms with E-state index in [9.17, 15) is 4.79 Å². The second-order valence-corrected chi connectivity index (χ2v) is 6.39. The number of ether oxygens (including phenoxy) is 1. The lowest BCUT2D eigenvalue weighted by Gasteiger charge is -2.08. The second kappa shape index (κ2) is 7.62. The van der Waals surface area contributed by atoms with Gasteiger partial charge in [-0.05, 0) is 55.8 Å². The molecule has 0 spiro atoms. The van der Waals surface area contributed by atoms with Gasteiger partial charge in [-0.15, -0.1) is 0 Å². The average molecular weight is 370 g/mol. The third kappa shape index (κ3) is 3.89. The van der Waals surface area contributed by atoms with Gasteiger partial charge in [-0.3, -0.25) is 4.79 Å². The minimum atomic E-state index is -0.0722. The van der Waals surface area contributed by atoms with Crippen molar-refractivity contribution in [3.63, 3.8) is 0 Å². The number of hydrogen-bond donors (Lipinski definition) is 1. The van der Waals surface area contributed by atoms with E-state index in [4.69, 9.17) is 16.3 Å². The topological polar surface area (TPSA) is 56.1 Å². The van der Waals surface area contributed by atoms with Gasteiger partial charge in [0, 0.05) is 5.69 Å². The predicted molar refractivity (Wildman–Crippen MR) is 103 cm³/mol. The first-order valence-electron chi connectivity index (χ1n) is 8.23. The van der Waals surface area contributed by atoms with E-state index in [1.54, 1.807) is 11.8 Å². The van der Waals surface area contributed by atoms with Gasteiger partial charge in [0.2, 0.25) is 5.91 Å². The standard InChI is InChI=1S/C20H20ClN3O2/c1-13-20(21)14(2)24(23-13)17-8-6-16(7-9-17)22-19(25)12-15-4-10-18(26-3)11-5-15/h4-11H,12H2,1-3H3,(H,22,25). The average Bonchev–Trinajstić information content (AvgIpc) is 2.90. The summed E-state index contributed by atoms with van der Waals surface area (Å²) in [6.45, 7) is 3.80. The Morgan fingerprint density at radius 1 is 1.12 bits per heavy atom. The number of anilines is 1. The van der Waals surface area contributed by atoms with E-state index in [1.165, 1.54) is 0 Å². The molecule has 0 aliphatic heterocycles. The number of rotatable bonds is 5. The predicted octanol–water partition coefficient (Wildman–Crippen LogP) is 4.33. The maximum absolute atomic E-state index is 12.2. The molecule has 0 unspecified atom stereocenters. The zero-order valence-corrected chi connectivity index (χ0v) is 15.7. The maximum Gasteiger partial charge on any atom is 0.228 e. The van der Waals surface area contributed by atoms with Crippen LogP contribution >= 0.6 is 11.6 Å². The van der Waals surface area contributed by atoms with Gasteiger partial charge >= 0.3 is 0 Å². The summed E-state index contributed by atoms with van der Waals surface area (Å²) in [7, 11) is 1.62. The quantitative estimate of drug-likeness (QED) is 0.728. The molecule has 3 rings (SSSR count). The van der Waals surface area contributed by atoms with Crippen LogP contribution in [-0.4, -0.2) is 22.8 Å². The molecule has 1 aromatic heterocycles. The zero-order valence-electron chi connectivity index (χ0n) is 14.9. The summed E-state index contributed by atoms with van der Waals surface area (Å²) in [4.78, 5) is 12.2. The highest BCUT2D eigenvalue weighted by Crippen LogP contribution is 2.23. The number of hydrogen-bond acceptors (Lipinski definition) is 3. The molecule has 0 radical (unpaired) electrons. The van der Waals surface area contributed by atoms with Crippen LogP contribution in [0.5, 0.6) is 5.75 Å². The van der Waals surface area contributed by atoms with Gasteiger partial charge in [-0.25, -0.2) is 4.68 Å². The fourth-order valence-corrected chi connectivity index (χ4v) is 2.81. The highest BCUT2D eigenvalue weighted by Gasteiger charge is 2.11. The molecule has 3 aromatic rings. The molecular weight excluding hydrogens is 350 g/mol. The van der Waals surface area contributed by atoms with Crippen molar-refractivity contribution in [2.24, 2.45) is 0 Å². The van der Waals surface area contributed by atoms with E-state index >= 15 is 0 Å². The van der Waals surface area contributed by atoms with Gasteiger partial charge in [0.05, 0.1) is 35.6 Å². The van der Waals surface area contributed by atoms with Crippen molar-refractivity contribution in [3.8, 4) is 11.4 Å². The first kappa shape index (κ1) is 18.0. The van der Waals surface area contributed by atoms with Crippen LogP contribution < -0.4 is 10.1 Å². The van der Waals surface area contributed by atoms with Crippen LogP contribution in [0, 0.1) is 13.8 Å². The first-order valence-corrected chi connectivity index (χ1v) is 8.60. The highest BCUT2D eigenvalue weighted by atomic mass is 35.5. The molecule has 2 aromatic carbocycles. The fraction of sp³-hybridized carbons (Fsp3) is 0.200. The summed E-state index contributed by atoms with van der Waals surface area (Å²) in [6, 6.07) is 15.0. The van der Waals surface area contributed by atoms with Crippen molar-refractivity contribution in [3.05, 3.63) is 70.5 Å². The van der Waals surface area contributed by atoms with E-state index in [0.717, 1.165) is 34.1 Å². The van der Waals surface area contributed by atoms with Crippen molar-refractivity contribution in [2.75, 3.05) is 12.4 Å². The Kier molecular flexibility index (Phi) is 5.28. The van der Waals surface area contributed by atoms with E-state index < -0.39 is 0 Å². The number of methoxy groups -OCH3 is 1. The van der Waals surface area contributed by atoms with E-state index in [1.807, 2.05) is 62.4 Å². The van der Waals surface area contributed by atoms with Gasteiger partial charge in [-0.2, -0.15) is 5.10 Å². The molecule has 1 N–H and O–H groups in total. The van der Waals surface area contributed by atoms with Crippen molar-refractivity contribution in [1.29, 1.82) is 0 Å². The van der Waals surface area contributed by atoms with Gasteiger partial charge < -0.3 is 10.1 Å². The lowest BCUT2D eigenvalue weighted by Crippen LogP contribution is -2.14. The molecule has 134 valence electrons. The van der Waals surface area contributed by atoms with Crippen molar-refractivity contribution < 1.29 is 9.53 Å².